The van der Waals surface area contributed by atoms with Gasteiger partial charge in [-0.25, -0.2) is 0 Å². The summed E-state index contributed by atoms with van der Waals surface area (Å²) >= 11 is 0. The summed E-state index contributed by atoms with van der Waals surface area (Å²) in [6.45, 7) is 2.05. The molecular formula is C17H20N2O. The van der Waals surface area contributed by atoms with Crippen LogP contribution in [0, 0.1) is 0 Å². The van der Waals surface area contributed by atoms with Crippen LogP contribution >= 0.6 is 0 Å². The smallest absolute Gasteiger partial charge is 0.241 e. The van der Waals surface area contributed by atoms with Crippen LogP contribution in [0.4, 0.5) is 0 Å². The van der Waals surface area contributed by atoms with Crippen molar-refractivity contribution in [3.8, 4) is 0 Å². The van der Waals surface area contributed by atoms with Crippen LogP contribution in [0.1, 0.15) is 36.6 Å². The first-order chi connectivity index (χ1) is 9.72. The maximum atomic E-state index is 12.2. The van der Waals surface area contributed by atoms with E-state index in [2.05, 4.69) is 5.32 Å². The van der Waals surface area contributed by atoms with Crippen molar-refractivity contribution >= 4 is 5.91 Å². The largest absolute Gasteiger partial charge is 0.348 e. The van der Waals surface area contributed by atoms with Crippen LogP contribution in [0.5, 0.6) is 0 Å². The predicted octanol–water partition coefficient (Wildman–Crippen LogP) is 2.95. The fourth-order valence-corrected chi connectivity index (χ4v) is 2.18. The second kappa shape index (κ2) is 6.87. The van der Waals surface area contributed by atoms with Crippen molar-refractivity contribution in [1.29, 1.82) is 0 Å². The van der Waals surface area contributed by atoms with Gasteiger partial charge in [-0.3, -0.25) is 4.79 Å². The first kappa shape index (κ1) is 14.3. The summed E-state index contributed by atoms with van der Waals surface area (Å²) in [5.41, 5.74) is 7.93. The van der Waals surface area contributed by atoms with Crippen LogP contribution in [-0.4, -0.2) is 5.91 Å². The molecule has 0 aliphatic heterocycles. The lowest BCUT2D eigenvalue weighted by atomic mass is 10.0. The summed E-state index contributed by atoms with van der Waals surface area (Å²) < 4.78 is 0. The van der Waals surface area contributed by atoms with E-state index < -0.39 is 6.04 Å². The van der Waals surface area contributed by atoms with Crippen molar-refractivity contribution in [2.24, 2.45) is 5.73 Å². The number of nitrogens with one attached hydrogen (secondary N) is 1. The van der Waals surface area contributed by atoms with Crippen LogP contribution < -0.4 is 11.1 Å². The minimum atomic E-state index is -0.631. The average molecular weight is 268 g/mol. The summed E-state index contributed by atoms with van der Waals surface area (Å²) in [4.78, 5) is 12.2. The molecular weight excluding hydrogens is 248 g/mol. The van der Waals surface area contributed by atoms with E-state index in [-0.39, 0.29) is 11.9 Å². The van der Waals surface area contributed by atoms with Crippen molar-refractivity contribution in [3.63, 3.8) is 0 Å². The number of carbonyl (C=O) groups excluding carboxylic acids is 1. The van der Waals surface area contributed by atoms with Crippen LogP contribution in [0.15, 0.2) is 60.7 Å². The fourth-order valence-electron chi connectivity index (χ4n) is 2.18. The summed E-state index contributed by atoms with van der Waals surface area (Å²) in [5.74, 6) is -0.146. The summed E-state index contributed by atoms with van der Waals surface area (Å²) in [6.07, 6.45) is 0.831. The third-order valence-corrected chi connectivity index (χ3v) is 3.37. The van der Waals surface area contributed by atoms with Crippen molar-refractivity contribution in [2.75, 3.05) is 0 Å². The lowest BCUT2D eigenvalue weighted by Gasteiger charge is -2.20. The minimum Gasteiger partial charge on any atom is -0.348 e. The summed E-state index contributed by atoms with van der Waals surface area (Å²) in [5, 5.41) is 3.02. The second-order valence-corrected chi connectivity index (χ2v) is 4.77. The Balaban J connectivity index is 2.06. The van der Waals surface area contributed by atoms with E-state index >= 15 is 0 Å². The highest BCUT2D eigenvalue weighted by molar-refractivity contribution is 5.83. The molecule has 0 heterocycles. The normalized spacial score (nSPS) is 13.5. The molecule has 0 fully saturated rings. The van der Waals surface area contributed by atoms with Crippen molar-refractivity contribution in [2.45, 2.75) is 25.4 Å². The van der Waals surface area contributed by atoms with Crippen LogP contribution in [0.25, 0.3) is 0 Å². The van der Waals surface area contributed by atoms with Crippen molar-refractivity contribution in [1.82, 2.24) is 5.32 Å². The van der Waals surface area contributed by atoms with Crippen molar-refractivity contribution in [3.05, 3.63) is 71.8 Å². The van der Waals surface area contributed by atoms with E-state index in [0.717, 1.165) is 17.5 Å². The lowest BCUT2D eigenvalue weighted by Crippen LogP contribution is -2.36. The molecule has 0 aliphatic carbocycles. The highest BCUT2D eigenvalue weighted by Crippen LogP contribution is 2.18. The second-order valence-electron chi connectivity index (χ2n) is 4.77. The zero-order valence-electron chi connectivity index (χ0n) is 11.6. The number of amides is 1. The Hall–Kier alpha value is -2.13. The van der Waals surface area contributed by atoms with Crippen LogP contribution in [-0.2, 0) is 4.79 Å². The zero-order chi connectivity index (χ0) is 14.4. The van der Waals surface area contributed by atoms with Gasteiger partial charge in [-0.2, -0.15) is 0 Å². The van der Waals surface area contributed by atoms with E-state index in [4.69, 9.17) is 5.73 Å². The quantitative estimate of drug-likeness (QED) is 0.876. The van der Waals surface area contributed by atoms with E-state index in [1.54, 1.807) is 0 Å². The molecule has 2 rings (SSSR count). The Morgan fingerprint density at radius 2 is 1.50 bits per heavy atom. The lowest BCUT2D eigenvalue weighted by molar-refractivity contribution is -0.123. The van der Waals surface area contributed by atoms with Gasteiger partial charge in [0, 0.05) is 0 Å². The Bertz CT molecular complexity index is 539. The number of hydrogen-bond donors (Lipinski definition) is 2. The van der Waals surface area contributed by atoms with Gasteiger partial charge in [0.15, 0.2) is 0 Å². The SMILES string of the molecule is CCC(NC(=O)[C@H](N)c1ccccc1)c1ccccc1. The minimum absolute atomic E-state index is 0.00142. The Morgan fingerprint density at radius 3 is 2.00 bits per heavy atom. The molecule has 2 aromatic carbocycles. The van der Waals surface area contributed by atoms with Gasteiger partial charge < -0.3 is 11.1 Å². The van der Waals surface area contributed by atoms with Gasteiger partial charge in [0.05, 0.1) is 6.04 Å². The molecule has 3 nitrogen and oxygen atoms in total. The average Bonchev–Trinajstić information content (AvgIpc) is 2.53. The third-order valence-electron chi connectivity index (χ3n) is 3.37. The molecule has 0 bridgehead atoms. The molecule has 3 heteroatoms. The van der Waals surface area contributed by atoms with Crippen molar-refractivity contribution < 1.29 is 4.79 Å². The van der Waals surface area contributed by atoms with E-state index in [0.29, 0.717) is 0 Å². The number of benzene rings is 2. The van der Waals surface area contributed by atoms with Crippen LogP contribution in [0.3, 0.4) is 0 Å². The van der Waals surface area contributed by atoms with Gasteiger partial charge in [-0.15, -0.1) is 0 Å². The van der Waals surface area contributed by atoms with E-state index in [9.17, 15) is 4.79 Å². The summed E-state index contributed by atoms with van der Waals surface area (Å²) in [7, 11) is 0. The molecule has 0 aliphatic rings. The molecule has 2 aromatic rings. The molecule has 3 N–H and O–H groups in total. The standard InChI is InChI=1S/C17H20N2O/c1-2-15(13-9-5-3-6-10-13)19-17(20)16(18)14-11-7-4-8-12-14/h3-12,15-16H,2,18H2,1H3,(H,19,20)/t15?,16-/m1/s1. The monoisotopic (exact) mass is 268 g/mol. The summed E-state index contributed by atoms with van der Waals surface area (Å²) in [6, 6.07) is 18.7. The predicted molar refractivity (Wildman–Crippen MR) is 81.0 cm³/mol. The molecule has 20 heavy (non-hydrogen) atoms. The molecule has 0 radical (unpaired) electrons. The highest BCUT2D eigenvalue weighted by atomic mass is 16.2. The van der Waals surface area contributed by atoms with E-state index in [1.165, 1.54) is 0 Å². The van der Waals surface area contributed by atoms with E-state index in [1.807, 2.05) is 67.6 Å². The first-order valence-electron chi connectivity index (χ1n) is 6.88. The molecule has 1 unspecified atom stereocenters. The first-order valence-corrected chi connectivity index (χ1v) is 6.88. The Morgan fingerprint density at radius 1 is 1.00 bits per heavy atom. The Kier molecular flexibility index (Phi) is 4.91. The van der Waals surface area contributed by atoms with Gasteiger partial charge in [0.1, 0.15) is 6.04 Å². The molecule has 2 atom stereocenters. The topological polar surface area (TPSA) is 55.1 Å². The number of hydrogen-bond acceptors (Lipinski definition) is 2. The molecule has 0 aromatic heterocycles. The number of carbonyl (C=O) groups is 1. The maximum Gasteiger partial charge on any atom is 0.241 e. The third kappa shape index (κ3) is 3.45. The fraction of sp³-hybridized carbons (Fsp3) is 0.235. The maximum absolute atomic E-state index is 12.2. The van der Waals surface area contributed by atoms with Gasteiger partial charge in [0.2, 0.25) is 5.91 Å². The van der Waals surface area contributed by atoms with Gasteiger partial charge in [-0.1, -0.05) is 67.6 Å². The Labute approximate surface area is 119 Å². The molecule has 104 valence electrons. The van der Waals surface area contributed by atoms with Gasteiger partial charge in [0.25, 0.3) is 0 Å². The van der Waals surface area contributed by atoms with Gasteiger partial charge >= 0.3 is 0 Å². The number of nitrogens with two attached hydrogens (primary N) is 1. The molecule has 0 saturated carbocycles. The molecule has 1 amide bonds. The van der Waals surface area contributed by atoms with Crippen LogP contribution in [0.2, 0.25) is 0 Å². The zero-order valence-corrected chi connectivity index (χ0v) is 11.6. The number of rotatable bonds is 5. The molecule has 0 spiro atoms. The highest BCUT2D eigenvalue weighted by Gasteiger charge is 2.19. The van der Waals surface area contributed by atoms with Gasteiger partial charge in [-0.05, 0) is 17.5 Å². The molecule has 0 saturated heterocycles.